The highest BCUT2D eigenvalue weighted by atomic mass is 16.6. The average Bonchev–Trinajstić information content (AvgIpc) is 3.16. The molecule has 0 spiro atoms. The molecule has 0 fully saturated rings. The van der Waals surface area contributed by atoms with Gasteiger partial charge in [-0.25, -0.2) is 0 Å². The maximum atomic E-state index is 8.87. The maximum Gasteiger partial charge on any atom is 0.122 e. The van der Waals surface area contributed by atoms with Crippen molar-refractivity contribution in [1.82, 2.24) is 9.97 Å². The van der Waals surface area contributed by atoms with E-state index >= 15 is 0 Å². The largest absolute Gasteiger partial charge is 0.491 e. The van der Waals surface area contributed by atoms with Crippen LogP contribution >= 0.6 is 0 Å². The molecule has 3 aromatic carbocycles. The normalized spacial score (nSPS) is 11.9. The van der Waals surface area contributed by atoms with Gasteiger partial charge in [0.15, 0.2) is 0 Å². The Bertz CT molecular complexity index is 2010. The maximum absolute atomic E-state index is 8.87. The highest BCUT2D eigenvalue weighted by molar-refractivity contribution is 6.19. The Morgan fingerprint density at radius 2 is 1.09 bits per heavy atom. The van der Waals surface area contributed by atoms with Crippen molar-refractivity contribution in [3.8, 4) is 28.0 Å². The minimum atomic E-state index is 0.0104. The van der Waals surface area contributed by atoms with Crippen LogP contribution in [0, 0.1) is 20.8 Å². The molecule has 5 aromatic rings. The van der Waals surface area contributed by atoms with Gasteiger partial charge in [0.25, 0.3) is 0 Å². The fourth-order valence-electron chi connectivity index (χ4n) is 6.67. The molecule has 1 N–H and O–H groups in total. The van der Waals surface area contributed by atoms with Crippen LogP contribution in [0.2, 0.25) is 0 Å². The zero-order chi connectivity index (χ0) is 39.9. The lowest BCUT2D eigenvalue weighted by Crippen LogP contribution is -2.33. The number of pyridine rings is 2. The number of hydrogen-bond donors (Lipinski definition) is 1. The van der Waals surface area contributed by atoms with Crippen LogP contribution in [-0.4, -0.2) is 127 Å². The molecular weight excluding hydrogens is 711 g/mol. The van der Waals surface area contributed by atoms with Crippen molar-refractivity contribution in [3.05, 3.63) is 88.7 Å². The number of rotatable bonds is 24. The molecule has 0 aliphatic carbocycles. The molecule has 11 heteroatoms. The molecule has 0 aliphatic heterocycles. The van der Waals surface area contributed by atoms with Gasteiger partial charge in [0.2, 0.25) is 0 Å². The molecule has 11 nitrogen and oxygen atoms in total. The fraction of sp³-hybridized carbons (Fsp3) is 0.467. The third-order valence-electron chi connectivity index (χ3n) is 9.19. The van der Waals surface area contributed by atoms with Crippen molar-refractivity contribution >= 4 is 21.8 Å². The van der Waals surface area contributed by atoms with Crippen molar-refractivity contribution in [2.75, 3.05) is 108 Å². The van der Waals surface area contributed by atoms with Crippen molar-refractivity contribution in [3.63, 3.8) is 0 Å². The third-order valence-corrected chi connectivity index (χ3v) is 9.19. The van der Waals surface area contributed by atoms with Crippen LogP contribution in [0.5, 0.6) is 5.75 Å². The fourth-order valence-corrected chi connectivity index (χ4v) is 6.67. The van der Waals surface area contributed by atoms with Crippen LogP contribution in [-0.2, 0) is 41.6 Å². The summed E-state index contributed by atoms with van der Waals surface area (Å²) in [6.45, 7) is 12.8. The number of aromatic nitrogens is 2. The number of fused-ring (bicyclic) bond motifs is 3. The second-order valence-electron chi connectivity index (χ2n) is 15.0. The Hall–Kier alpha value is -4.04. The zero-order valence-corrected chi connectivity index (χ0v) is 34.3. The Morgan fingerprint density at radius 3 is 1.64 bits per heavy atom. The highest BCUT2D eigenvalue weighted by Gasteiger charge is 2.22. The number of aliphatic hydroxyl groups is 1. The highest BCUT2D eigenvalue weighted by Crippen LogP contribution is 2.45. The van der Waals surface area contributed by atoms with Crippen LogP contribution in [0.25, 0.3) is 44.1 Å². The SMILES string of the molecule is COCCOCCOCCOc1ccc(-c2c(-c3ccc(COCCOCCOCCO)c(C[N+](C)(C)C)c3)c3cc(C)cnc3c3ncc(C)cc23)cc1C. The summed E-state index contributed by atoms with van der Waals surface area (Å²) in [5.74, 6) is 0.821. The van der Waals surface area contributed by atoms with Crippen molar-refractivity contribution in [2.45, 2.75) is 33.9 Å². The van der Waals surface area contributed by atoms with Gasteiger partial charge in [-0.3, -0.25) is 9.97 Å². The molecule has 56 heavy (non-hydrogen) atoms. The van der Waals surface area contributed by atoms with Crippen LogP contribution in [0.3, 0.4) is 0 Å². The first kappa shape index (κ1) is 43.1. The number of hydrogen-bond acceptors (Lipinski definition) is 10. The first-order valence-electron chi connectivity index (χ1n) is 19.4. The number of aryl methyl sites for hydroxylation is 3. The molecule has 0 unspecified atom stereocenters. The van der Waals surface area contributed by atoms with E-state index in [1.165, 1.54) is 5.56 Å². The van der Waals surface area contributed by atoms with Crippen molar-refractivity contribution < 1.29 is 42.7 Å². The standard InChI is InChI=1S/C45H60N3O8/c1-32-24-39-42(35-10-11-41(34(3)26-35)56-23-22-54-19-18-52-15-14-50-7)43(40-25-33(2)29-47-45(40)44(39)46-28-32)36-8-9-37(38(27-36)30-48(4,5)6)31-55-21-20-53-17-16-51-13-12-49/h8-11,24-29,49H,12-23,30-31H2,1-7H3/q+1. The zero-order valence-electron chi connectivity index (χ0n) is 34.3. The topological polar surface area (TPSA) is 111 Å². The predicted molar refractivity (Wildman–Crippen MR) is 221 cm³/mol. The van der Waals surface area contributed by atoms with E-state index < -0.39 is 0 Å². The minimum absolute atomic E-state index is 0.0104. The lowest BCUT2D eigenvalue weighted by Gasteiger charge is -2.26. The number of aliphatic hydroxyl groups excluding tert-OH is 1. The minimum Gasteiger partial charge on any atom is -0.491 e. The van der Waals surface area contributed by atoms with Gasteiger partial charge in [-0.2, -0.15) is 0 Å². The third kappa shape index (κ3) is 12.2. The molecule has 0 radical (unpaired) electrons. The summed E-state index contributed by atoms with van der Waals surface area (Å²) >= 11 is 0. The first-order valence-corrected chi connectivity index (χ1v) is 19.4. The molecule has 5 rings (SSSR count). The van der Waals surface area contributed by atoms with Crippen LogP contribution in [0.15, 0.2) is 60.9 Å². The van der Waals surface area contributed by atoms with Crippen molar-refractivity contribution in [1.29, 1.82) is 0 Å². The molecule has 0 saturated heterocycles. The Labute approximate surface area is 332 Å². The molecule has 0 atom stereocenters. The van der Waals surface area contributed by atoms with E-state index in [1.54, 1.807) is 7.11 Å². The van der Waals surface area contributed by atoms with Gasteiger partial charge >= 0.3 is 0 Å². The summed E-state index contributed by atoms with van der Waals surface area (Å²) in [6.07, 6.45) is 3.85. The second kappa shape index (κ2) is 21.5. The number of quaternary nitrogens is 1. The van der Waals surface area contributed by atoms with E-state index in [1.807, 2.05) is 12.4 Å². The lowest BCUT2D eigenvalue weighted by atomic mass is 9.85. The van der Waals surface area contributed by atoms with E-state index in [-0.39, 0.29) is 6.61 Å². The number of nitrogens with zero attached hydrogens (tertiary/aromatic N) is 3. The van der Waals surface area contributed by atoms with E-state index in [2.05, 4.69) is 90.4 Å². The Balaban J connectivity index is 1.49. The van der Waals surface area contributed by atoms with Gasteiger partial charge in [0.05, 0.1) is 111 Å². The van der Waals surface area contributed by atoms with E-state index in [9.17, 15) is 0 Å². The Morgan fingerprint density at radius 1 is 0.571 bits per heavy atom. The summed E-state index contributed by atoms with van der Waals surface area (Å²) < 4.78 is 40.2. The summed E-state index contributed by atoms with van der Waals surface area (Å²) in [5.41, 5.74) is 11.8. The van der Waals surface area contributed by atoms with Gasteiger partial charge < -0.3 is 42.7 Å². The van der Waals surface area contributed by atoms with E-state index in [0.29, 0.717) is 79.3 Å². The molecule has 0 amide bonds. The molecule has 0 saturated carbocycles. The lowest BCUT2D eigenvalue weighted by molar-refractivity contribution is -0.884. The van der Waals surface area contributed by atoms with Crippen LogP contribution in [0.4, 0.5) is 0 Å². The molecule has 0 aliphatic rings. The summed E-state index contributed by atoms with van der Waals surface area (Å²) in [4.78, 5) is 9.96. The first-order chi connectivity index (χ1) is 27.1. The summed E-state index contributed by atoms with van der Waals surface area (Å²) in [6, 6.07) is 17.6. The van der Waals surface area contributed by atoms with Crippen LogP contribution < -0.4 is 4.74 Å². The van der Waals surface area contributed by atoms with Gasteiger partial charge in [0, 0.05) is 35.8 Å². The quantitative estimate of drug-likeness (QED) is 0.0407. The Kier molecular flexibility index (Phi) is 16.5. The number of benzene rings is 3. The number of methoxy groups -OCH3 is 1. The molecule has 2 heterocycles. The van der Waals surface area contributed by atoms with Gasteiger partial charge in [0.1, 0.15) is 18.9 Å². The van der Waals surface area contributed by atoms with Gasteiger partial charge in [-0.1, -0.05) is 18.2 Å². The molecular formula is C45H60N3O8+. The van der Waals surface area contributed by atoms with Crippen LogP contribution in [0.1, 0.15) is 27.8 Å². The molecule has 2 aromatic heterocycles. The van der Waals surface area contributed by atoms with E-state index in [0.717, 1.165) is 83.1 Å². The van der Waals surface area contributed by atoms with E-state index in [4.69, 9.17) is 48.2 Å². The predicted octanol–water partition coefficient (Wildman–Crippen LogP) is 6.85. The average molecular weight is 771 g/mol. The monoisotopic (exact) mass is 770 g/mol. The molecule has 302 valence electrons. The molecule has 0 bridgehead atoms. The smallest absolute Gasteiger partial charge is 0.122 e. The summed E-state index contributed by atoms with van der Waals surface area (Å²) in [5, 5.41) is 11.0. The van der Waals surface area contributed by atoms with Crippen molar-refractivity contribution in [2.24, 2.45) is 0 Å². The van der Waals surface area contributed by atoms with Gasteiger partial charge in [-0.15, -0.1) is 0 Å². The summed E-state index contributed by atoms with van der Waals surface area (Å²) in [7, 11) is 8.28. The second-order valence-corrected chi connectivity index (χ2v) is 15.0. The number of ether oxygens (including phenoxy) is 7. The van der Waals surface area contributed by atoms with Gasteiger partial charge in [-0.05, 0) is 95.6 Å².